The number of thiocarbonyl (C=S) groups is 1. The molecule has 1 amide bonds. The molecule has 1 heterocycles. The Labute approximate surface area is 136 Å². The Kier molecular flexibility index (Phi) is 4.60. The van der Waals surface area contributed by atoms with Crippen LogP contribution in [0.1, 0.15) is 5.56 Å². The first-order valence-electron chi connectivity index (χ1n) is 6.02. The molecule has 0 radical (unpaired) electrons. The van der Waals surface area contributed by atoms with Crippen molar-refractivity contribution in [2.75, 3.05) is 20.7 Å². The van der Waals surface area contributed by atoms with E-state index in [0.29, 0.717) is 22.1 Å². The summed E-state index contributed by atoms with van der Waals surface area (Å²) in [4.78, 5) is 15.2. The zero-order valence-electron chi connectivity index (χ0n) is 11.5. The minimum Gasteiger partial charge on any atom is -0.478 e. The highest BCUT2D eigenvalue weighted by molar-refractivity contribution is 9.10. The van der Waals surface area contributed by atoms with Crippen molar-refractivity contribution in [3.05, 3.63) is 33.9 Å². The fraction of sp³-hybridized carbons (Fsp3) is 0.214. The number of hydrogen-bond donors (Lipinski definition) is 0. The van der Waals surface area contributed by atoms with Crippen molar-refractivity contribution in [2.45, 2.75) is 0 Å². The molecule has 0 aromatic heterocycles. The summed E-state index contributed by atoms with van der Waals surface area (Å²) in [5.41, 5.74) is 1.16. The molecule has 0 atom stereocenters. The number of rotatable bonds is 3. The highest BCUT2D eigenvalue weighted by Crippen LogP contribution is 2.28. The SMILES string of the molecule is CN1C(=O)/C(=C/c2cc(Br)ccc2OCC#N)N(C)C1=S. The second-order valence-corrected chi connectivity index (χ2v) is 5.65. The molecule has 1 aliphatic heterocycles. The molecule has 1 aromatic carbocycles. The maximum atomic E-state index is 12.2. The third kappa shape index (κ3) is 3.06. The van der Waals surface area contributed by atoms with Gasteiger partial charge in [0.05, 0.1) is 0 Å². The van der Waals surface area contributed by atoms with Gasteiger partial charge in [0, 0.05) is 24.1 Å². The van der Waals surface area contributed by atoms with E-state index in [-0.39, 0.29) is 12.5 Å². The van der Waals surface area contributed by atoms with E-state index in [0.717, 1.165) is 4.47 Å². The highest BCUT2D eigenvalue weighted by Gasteiger charge is 2.32. The van der Waals surface area contributed by atoms with E-state index in [1.165, 1.54) is 4.90 Å². The van der Waals surface area contributed by atoms with Gasteiger partial charge in [-0.15, -0.1) is 0 Å². The van der Waals surface area contributed by atoms with Gasteiger partial charge >= 0.3 is 0 Å². The van der Waals surface area contributed by atoms with Crippen LogP contribution in [0.4, 0.5) is 0 Å². The van der Waals surface area contributed by atoms with Gasteiger partial charge in [-0.25, -0.2) is 0 Å². The Bertz CT molecular complexity index is 681. The molecule has 0 bridgehead atoms. The molecular weight excluding hydrogens is 354 g/mol. The van der Waals surface area contributed by atoms with Crippen LogP contribution in [0.5, 0.6) is 5.75 Å². The number of carbonyl (C=O) groups excluding carboxylic acids is 1. The predicted molar refractivity (Wildman–Crippen MR) is 86.4 cm³/mol. The number of halogens is 1. The predicted octanol–water partition coefficient (Wildman–Crippen LogP) is 2.38. The Balaban J connectivity index is 2.45. The van der Waals surface area contributed by atoms with E-state index in [9.17, 15) is 4.79 Å². The summed E-state index contributed by atoms with van der Waals surface area (Å²) in [7, 11) is 3.37. The first-order valence-corrected chi connectivity index (χ1v) is 7.22. The lowest BCUT2D eigenvalue weighted by Gasteiger charge is -2.12. The first-order chi connectivity index (χ1) is 9.95. The average molecular weight is 366 g/mol. The number of hydrogen-bond acceptors (Lipinski definition) is 4. The topological polar surface area (TPSA) is 56.6 Å². The zero-order chi connectivity index (χ0) is 15.6. The normalized spacial score (nSPS) is 16.6. The molecule has 1 fully saturated rings. The molecule has 0 N–H and O–H groups in total. The highest BCUT2D eigenvalue weighted by atomic mass is 79.9. The van der Waals surface area contributed by atoms with Crippen molar-refractivity contribution in [1.82, 2.24) is 9.80 Å². The second kappa shape index (κ2) is 6.24. The second-order valence-electron chi connectivity index (χ2n) is 4.36. The molecule has 5 nitrogen and oxygen atoms in total. The van der Waals surface area contributed by atoms with Gasteiger partial charge in [0.15, 0.2) is 11.7 Å². The Hall–Kier alpha value is -1.91. The summed E-state index contributed by atoms with van der Waals surface area (Å²) in [5.74, 6) is 0.364. The number of amides is 1. The van der Waals surface area contributed by atoms with E-state index >= 15 is 0 Å². The molecule has 21 heavy (non-hydrogen) atoms. The standard InChI is InChI=1S/C14H12BrN3O2S/c1-17-11(13(19)18(2)14(17)21)8-9-7-10(15)3-4-12(9)20-6-5-16/h3-4,7-8H,6H2,1-2H3/b11-8-. The van der Waals surface area contributed by atoms with Gasteiger partial charge in [-0.05, 0) is 36.5 Å². The minimum atomic E-state index is -0.172. The third-order valence-corrected chi connectivity index (χ3v) is 4.06. The van der Waals surface area contributed by atoms with Crippen LogP contribution in [0.2, 0.25) is 0 Å². The Morgan fingerprint density at radius 3 is 2.71 bits per heavy atom. The molecule has 1 aliphatic rings. The fourth-order valence-electron chi connectivity index (χ4n) is 1.91. The van der Waals surface area contributed by atoms with Crippen molar-refractivity contribution in [1.29, 1.82) is 5.26 Å². The van der Waals surface area contributed by atoms with Crippen LogP contribution in [0.3, 0.4) is 0 Å². The smallest absolute Gasteiger partial charge is 0.276 e. The van der Waals surface area contributed by atoms with Crippen molar-refractivity contribution >= 4 is 45.2 Å². The fourth-order valence-corrected chi connectivity index (χ4v) is 2.47. The van der Waals surface area contributed by atoms with Crippen molar-refractivity contribution in [2.24, 2.45) is 0 Å². The molecule has 7 heteroatoms. The summed E-state index contributed by atoms with van der Waals surface area (Å²) in [5, 5.41) is 9.07. The quantitative estimate of drug-likeness (QED) is 0.607. The maximum absolute atomic E-state index is 12.2. The lowest BCUT2D eigenvalue weighted by molar-refractivity contribution is -0.121. The van der Waals surface area contributed by atoms with Crippen LogP contribution in [-0.2, 0) is 4.79 Å². The molecule has 1 aromatic rings. The van der Waals surface area contributed by atoms with Crippen LogP contribution in [0.15, 0.2) is 28.4 Å². The van der Waals surface area contributed by atoms with Gasteiger partial charge in [0.1, 0.15) is 17.5 Å². The largest absolute Gasteiger partial charge is 0.478 e. The molecule has 0 spiro atoms. The third-order valence-electron chi connectivity index (χ3n) is 3.02. The summed E-state index contributed by atoms with van der Waals surface area (Å²) in [6, 6.07) is 7.30. The van der Waals surface area contributed by atoms with Gasteiger partial charge < -0.3 is 9.64 Å². The number of nitrogens with zero attached hydrogens (tertiary/aromatic N) is 3. The molecule has 1 saturated heterocycles. The molecule has 0 saturated carbocycles. The van der Waals surface area contributed by atoms with E-state index < -0.39 is 0 Å². The summed E-state index contributed by atoms with van der Waals surface area (Å²) in [6.07, 6.45) is 1.70. The Morgan fingerprint density at radius 2 is 2.14 bits per heavy atom. The van der Waals surface area contributed by atoms with Gasteiger partial charge in [0.25, 0.3) is 5.91 Å². The van der Waals surface area contributed by atoms with Crippen LogP contribution in [0.25, 0.3) is 6.08 Å². The van der Waals surface area contributed by atoms with Crippen LogP contribution in [0, 0.1) is 11.3 Å². The average Bonchev–Trinajstić information content (AvgIpc) is 2.64. The van der Waals surface area contributed by atoms with E-state index in [2.05, 4.69) is 15.9 Å². The number of likely N-dealkylation sites (N-methyl/N-ethyl adjacent to an activating group) is 2. The van der Waals surface area contributed by atoms with Crippen molar-refractivity contribution in [3.8, 4) is 11.8 Å². The van der Waals surface area contributed by atoms with E-state index in [4.69, 9.17) is 22.2 Å². The lowest BCUT2D eigenvalue weighted by Crippen LogP contribution is -2.26. The molecule has 2 rings (SSSR count). The van der Waals surface area contributed by atoms with Gasteiger partial charge in [-0.2, -0.15) is 5.26 Å². The molecule has 0 unspecified atom stereocenters. The number of carbonyl (C=O) groups is 1. The maximum Gasteiger partial charge on any atom is 0.276 e. The molecular formula is C14H12BrN3O2S. The van der Waals surface area contributed by atoms with Gasteiger partial charge in [-0.3, -0.25) is 9.69 Å². The lowest BCUT2D eigenvalue weighted by atomic mass is 10.1. The van der Waals surface area contributed by atoms with Crippen molar-refractivity contribution < 1.29 is 9.53 Å². The number of ether oxygens (including phenoxy) is 1. The Morgan fingerprint density at radius 1 is 1.43 bits per heavy atom. The summed E-state index contributed by atoms with van der Waals surface area (Å²) < 4.78 is 6.22. The van der Waals surface area contributed by atoms with Crippen molar-refractivity contribution in [3.63, 3.8) is 0 Å². The van der Waals surface area contributed by atoms with Crippen LogP contribution in [-0.4, -0.2) is 41.5 Å². The first kappa shape index (κ1) is 15.5. The molecule has 108 valence electrons. The van der Waals surface area contributed by atoms with E-state index in [1.807, 2.05) is 18.2 Å². The minimum absolute atomic E-state index is 0.0556. The van der Waals surface area contributed by atoms with Gasteiger partial charge in [-0.1, -0.05) is 15.9 Å². The summed E-state index contributed by atoms with van der Waals surface area (Å²) >= 11 is 8.55. The van der Waals surface area contributed by atoms with Gasteiger partial charge in [0.2, 0.25) is 0 Å². The number of nitriles is 1. The monoisotopic (exact) mass is 365 g/mol. The summed E-state index contributed by atoms with van der Waals surface area (Å²) in [6.45, 7) is -0.0556. The zero-order valence-corrected chi connectivity index (χ0v) is 13.9. The number of benzene rings is 1. The van der Waals surface area contributed by atoms with Crippen LogP contribution >= 0.6 is 28.1 Å². The van der Waals surface area contributed by atoms with Crippen LogP contribution < -0.4 is 4.74 Å². The molecule has 0 aliphatic carbocycles. The van der Waals surface area contributed by atoms with E-state index in [1.54, 1.807) is 31.1 Å².